The molecule has 0 spiro atoms. The van der Waals surface area contributed by atoms with Gasteiger partial charge in [0.2, 0.25) is 0 Å². The first-order valence-corrected chi connectivity index (χ1v) is 9.10. The Morgan fingerprint density at radius 3 is 2.70 bits per heavy atom. The highest BCUT2D eigenvalue weighted by Crippen LogP contribution is 2.28. The Labute approximate surface area is 162 Å². The van der Waals surface area contributed by atoms with Gasteiger partial charge in [-0.05, 0) is 31.3 Å². The highest BCUT2D eigenvalue weighted by molar-refractivity contribution is 6.33. The van der Waals surface area contributed by atoms with Crippen LogP contribution in [0.3, 0.4) is 0 Å². The van der Waals surface area contributed by atoms with E-state index in [1.165, 1.54) is 0 Å². The van der Waals surface area contributed by atoms with E-state index in [-0.39, 0.29) is 0 Å². The molecule has 0 amide bonds. The molecule has 0 fully saturated rings. The van der Waals surface area contributed by atoms with Crippen LogP contribution in [0.2, 0.25) is 5.02 Å². The molecule has 2 heterocycles. The maximum absolute atomic E-state index is 6.36. The van der Waals surface area contributed by atoms with Gasteiger partial charge in [0.25, 0.3) is 0 Å². The van der Waals surface area contributed by atoms with Crippen LogP contribution < -0.4 is 10.6 Å². The molecule has 6 nitrogen and oxygen atoms in total. The SMILES string of the molecule is CNCCc1cc(Nc2n[nH]c3ccccc23)nc(-c2ccccc2Cl)n1. The Morgan fingerprint density at radius 1 is 1.04 bits per heavy atom. The predicted octanol–water partition coefficient (Wildman–Crippen LogP) is 4.18. The van der Waals surface area contributed by atoms with Crippen LogP contribution in [0.1, 0.15) is 5.69 Å². The average Bonchev–Trinajstić information content (AvgIpc) is 3.09. The lowest BCUT2D eigenvalue weighted by atomic mass is 10.2. The van der Waals surface area contributed by atoms with Crippen LogP contribution in [0.5, 0.6) is 0 Å². The normalized spacial score (nSPS) is 11.0. The molecule has 0 aliphatic rings. The molecule has 0 aliphatic heterocycles. The van der Waals surface area contributed by atoms with Gasteiger partial charge in [0, 0.05) is 35.7 Å². The Hall–Kier alpha value is -2.96. The smallest absolute Gasteiger partial charge is 0.163 e. The third-order valence-electron chi connectivity index (χ3n) is 4.24. The zero-order valence-electron chi connectivity index (χ0n) is 14.8. The molecule has 4 rings (SSSR count). The zero-order valence-corrected chi connectivity index (χ0v) is 15.6. The zero-order chi connectivity index (χ0) is 18.6. The van der Waals surface area contributed by atoms with Crippen LogP contribution in [0, 0.1) is 0 Å². The van der Waals surface area contributed by atoms with Crippen molar-refractivity contribution in [1.82, 2.24) is 25.5 Å². The van der Waals surface area contributed by atoms with Crippen LogP contribution >= 0.6 is 11.6 Å². The Morgan fingerprint density at radius 2 is 1.85 bits per heavy atom. The van der Waals surface area contributed by atoms with Gasteiger partial charge in [-0.25, -0.2) is 9.97 Å². The summed E-state index contributed by atoms with van der Waals surface area (Å²) in [4.78, 5) is 9.36. The summed E-state index contributed by atoms with van der Waals surface area (Å²) in [6, 6.07) is 17.5. The van der Waals surface area contributed by atoms with E-state index in [4.69, 9.17) is 11.6 Å². The van der Waals surface area contributed by atoms with E-state index in [1.54, 1.807) is 0 Å². The summed E-state index contributed by atoms with van der Waals surface area (Å²) < 4.78 is 0. The molecule has 2 aromatic carbocycles. The number of rotatable bonds is 6. The van der Waals surface area contributed by atoms with Crippen molar-refractivity contribution in [3.05, 3.63) is 65.3 Å². The van der Waals surface area contributed by atoms with Crippen molar-refractivity contribution in [2.75, 3.05) is 18.9 Å². The molecule has 3 N–H and O–H groups in total. The predicted molar refractivity (Wildman–Crippen MR) is 109 cm³/mol. The highest BCUT2D eigenvalue weighted by Gasteiger charge is 2.12. The Balaban J connectivity index is 1.75. The number of aromatic amines is 1. The maximum atomic E-state index is 6.36. The molecular formula is C20H19ClN6. The highest BCUT2D eigenvalue weighted by atomic mass is 35.5. The number of nitrogens with one attached hydrogen (secondary N) is 3. The number of hydrogen-bond donors (Lipinski definition) is 3. The van der Waals surface area contributed by atoms with Gasteiger partial charge in [-0.1, -0.05) is 35.9 Å². The van der Waals surface area contributed by atoms with E-state index < -0.39 is 0 Å². The van der Waals surface area contributed by atoms with E-state index in [0.717, 1.165) is 40.9 Å². The molecule has 4 aromatic rings. The summed E-state index contributed by atoms with van der Waals surface area (Å²) in [6.45, 7) is 0.823. The second kappa shape index (κ2) is 7.73. The fraction of sp³-hybridized carbons (Fsp3) is 0.150. The van der Waals surface area contributed by atoms with E-state index >= 15 is 0 Å². The van der Waals surface area contributed by atoms with Gasteiger partial charge in [-0.3, -0.25) is 5.10 Å². The number of likely N-dealkylation sites (N-methyl/N-ethyl adjacent to an activating group) is 1. The summed E-state index contributed by atoms with van der Waals surface area (Å²) in [5.74, 6) is 2.01. The summed E-state index contributed by atoms with van der Waals surface area (Å²) >= 11 is 6.36. The van der Waals surface area contributed by atoms with Gasteiger partial charge in [0.1, 0.15) is 5.82 Å². The van der Waals surface area contributed by atoms with Crippen molar-refractivity contribution in [2.24, 2.45) is 0 Å². The van der Waals surface area contributed by atoms with E-state index in [9.17, 15) is 0 Å². The van der Waals surface area contributed by atoms with Crippen molar-refractivity contribution in [2.45, 2.75) is 6.42 Å². The minimum Gasteiger partial charge on any atom is -0.323 e. The molecule has 0 unspecified atom stereocenters. The van der Waals surface area contributed by atoms with Gasteiger partial charge in [-0.2, -0.15) is 5.10 Å². The molecule has 0 saturated heterocycles. The molecule has 0 atom stereocenters. The van der Waals surface area contributed by atoms with Crippen molar-refractivity contribution >= 4 is 34.1 Å². The summed E-state index contributed by atoms with van der Waals surface area (Å²) in [5.41, 5.74) is 2.70. The fourth-order valence-electron chi connectivity index (χ4n) is 2.89. The first kappa shape index (κ1) is 17.5. The van der Waals surface area contributed by atoms with Crippen LogP contribution in [-0.4, -0.2) is 33.8 Å². The average molecular weight is 379 g/mol. The molecule has 0 aliphatic carbocycles. The number of H-pyrrole nitrogens is 1. The number of aromatic nitrogens is 4. The quantitative estimate of drug-likeness (QED) is 0.469. The number of para-hydroxylation sites is 1. The van der Waals surface area contributed by atoms with Crippen LogP contribution in [0.25, 0.3) is 22.3 Å². The van der Waals surface area contributed by atoms with Gasteiger partial charge >= 0.3 is 0 Å². The summed E-state index contributed by atoms with van der Waals surface area (Å²) in [7, 11) is 1.92. The molecule has 2 aromatic heterocycles. The topological polar surface area (TPSA) is 78.5 Å². The van der Waals surface area contributed by atoms with Crippen molar-refractivity contribution < 1.29 is 0 Å². The molecule has 7 heteroatoms. The summed E-state index contributed by atoms with van der Waals surface area (Å²) in [6.07, 6.45) is 0.784. The first-order chi connectivity index (χ1) is 13.2. The van der Waals surface area contributed by atoms with E-state index in [0.29, 0.717) is 16.7 Å². The molecular weight excluding hydrogens is 360 g/mol. The van der Waals surface area contributed by atoms with Crippen LogP contribution in [0.15, 0.2) is 54.6 Å². The van der Waals surface area contributed by atoms with Crippen molar-refractivity contribution in [3.63, 3.8) is 0 Å². The second-order valence-electron chi connectivity index (χ2n) is 6.14. The van der Waals surface area contributed by atoms with Crippen LogP contribution in [0.4, 0.5) is 11.6 Å². The van der Waals surface area contributed by atoms with Gasteiger partial charge in [0.15, 0.2) is 11.6 Å². The standard InChI is InChI=1S/C20H19ClN6/c1-22-11-10-13-12-18(24-19(23-13)14-6-2-4-8-16(14)21)25-20-15-7-3-5-9-17(15)26-27-20/h2-9,12,22H,10-11H2,1H3,(H2,23,24,25,26,27). The third kappa shape index (κ3) is 3.77. The first-order valence-electron chi connectivity index (χ1n) is 8.72. The van der Waals surface area contributed by atoms with Crippen LogP contribution in [-0.2, 0) is 6.42 Å². The lowest BCUT2D eigenvalue weighted by Crippen LogP contribution is -2.12. The minimum absolute atomic E-state index is 0.594. The number of halogens is 1. The van der Waals surface area contributed by atoms with Gasteiger partial charge in [0.05, 0.1) is 10.5 Å². The number of benzene rings is 2. The van der Waals surface area contributed by atoms with Gasteiger partial charge in [-0.15, -0.1) is 0 Å². The largest absolute Gasteiger partial charge is 0.323 e. The third-order valence-corrected chi connectivity index (χ3v) is 4.57. The lowest BCUT2D eigenvalue weighted by molar-refractivity contribution is 0.775. The monoisotopic (exact) mass is 378 g/mol. The van der Waals surface area contributed by atoms with E-state index in [1.807, 2.05) is 61.6 Å². The van der Waals surface area contributed by atoms with E-state index in [2.05, 4.69) is 30.8 Å². The molecule has 0 saturated carbocycles. The number of nitrogens with zero attached hydrogens (tertiary/aromatic N) is 3. The van der Waals surface area contributed by atoms with Crippen molar-refractivity contribution in [3.8, 4) is 11.4 Å². The fourth-order valence-corrected chi connectivity index (χ4v) is 3.11. The Bertz CT molecular complexity index is 1070. The Kier molecular flexibility index (Phi) is 5.00. The molecule has 27 heavy (non-hydrogen) atoms. The van der Waals surface area contributed by atoms with Crippen molar-refractivity contribution in [1.29, 1.82) is 0 Å². The number of anilines is 2. The molecule has 136 valence electrons. The maximum Gasteiger partial charge on any atom is 0.163 e. The van der Waals surface area contributed by atoms with Gasteiger partial charge < -0.3 is 10.6 Å². The molecule has 0 bridgehead atoms. The molecule has 0 radical (unpaired) electrons. The second-order valence-corrected chi connectivity index (χ2v) is 6.55. The minimum atomic E-state index is 0.594. The number of fused-ring (bicyclic) bond motifs is 1. The number of hydrogen-bond acceptors (Lipinski definition) is 5. The summed E-state index contributed by atoms with van der Waals surface area (Å²) in [5, 5.41) is 15.5. The lowest BCUT2D eigenvalue weighted by Gasteiger charge is -2.10.